The highest BCUT2D eigenvalue weighted by Gasteiger charge is 2.29. The third-order valence-electron chi connectivity index (χ3n) is 7.56. The molecule has 0 spiro atoms. The van der Waals surface area contributed by atoms with Gasteiger partial charge in [0.25, 0.3) is 0 Å². The van der Waals surface area contributed by atoms with Crippen LogP contribution in [0.1, 0.15) is 70.3 Å². The van der Waals surface area contributed by atoms with Crippen molar-refractivity contribution in [2.75, 3.05) is 13.2 Å². The summed E-state index contributed by atoms with van der Waals surface area (Å²) in [6.45, 7) is 10.6. The van der Waals surface area contributed by atoms with Crippen molar-refractivity contribution in [2.45, 2.75) is 78.3 Å². The van der Waals surface area contributed by atoms with Gasteiger partial charge in [-0.2, -0.15) is 15.3 Å². The van der Waals surface area contributed by atoms with Gasteiger partial charge in [0.1, 0.15) is 17.9 Å². The lowest BCUT2D eigenvalue weighted by molar-refractivity contribution is -0.0367. The Labute approximate surface area is 252 Å². The molecular formula is C32H41N7O4. The highest BCUT2D eigenvalue weighted by molar-refractivity contribution is 5.89. The van der Waals surface area contributed by atoms with Crippen LogP contribution < -0.4 is 4.74 Å². The van der Waals surface area contributed by atoms with E-state index >= 15 is 0 Å². The quantitative estimate of drug-likeness (QED) is 0.256. The normalized spacial score (nSPS) is 16.2. The van der Waals surface area contributed by atoms with Crippen molar-refractivity contribution >= 4 is 17.0 Å². The van der Waals surface area contributed by atoms with Crippen LogP contribution in [0.5, 0.6) is 5.88 Å². The molecule has 3 aromatic heterocycles. The average molecular weight is 588 g/mol. The minimum Gasteiger partial charge on any atom is -0.476 e. The number of hydrogen-bond acceptors (Lipinski definition) is 7. The van der Waals surface area contributed by atoms with Crippen molar-refractivity contribution in [2.24, 2.45) is 14.1 Å². The maximum absolute atomic E-state index is 13.5. The topological polar surface area (TPSA) is 101 Å². The zero-order chi connectivity index (χ0) is 30.9. The van der Waals surface area contributed by atoms with E-state index in [4.69, 9.17) is 25.7 Å². The van der Waals surface area contributed by atoms with E-state index in [9.17, 15) is 4.79 Å². The number of amides is 1. The van der Waals surface area contributed by atoms with E-state index in [1.807, 2.05) is 83.9 Å². The second-order valence-electron chi connectivity index (χ2n) is 12.1. The SMILES string of the molecule is C#Cc1nn(C2CCCCO2)c2ccc(-c3cnn(C)c3CN(C(=O)OC(C)(C)C)[C@@H](C)COc3cc(C)nn3C)cc12. The van der Waals surface area contributed by atoms with E-state index in [1.165, 1.54) is 0 Å². The molecule has 0 N–H and O–H groups in total. The Morgan fingerprint density at radius 1 is 1.21 bits per heavy atom. The van der Waals surface area contributed by atoms with E-state index in [1.54, 1.807) is 14.3 Å². The van der Waals surface area contributed by atoms with Gasteiger partial charge in [-0.05, 0) is 77.5 Å². The Morgan fingerprint density at radius 2 is 2.00 bits per heavy atom. The molecule has 1 saturated heterocycles. The van der Waals surface area contributed by atoms with Gasteiger partial charge < -0.3 is 14.2 Å². The molecule has 5 rings (SSSR count). The molecule has 1 unspecified atom stereocenters. The van der Waals surface area contributed by atoms with Crippen molar-refractivity contribution in [3.8, 4) is 29.4 Å². The molecule has 1 aromatic carbocycles. The summed E-state index contributed by atoms with van der Waals surface area (Å²) in [5.41, 5.74) is 4.36. The molecule has 4 heterocycles. The summed E-state index contributed by atoms with van der Waals surface area (Å²) in [7, 11) is 3.70. The second-order valence-corrected chi connectivity index (χ2v) is 12.1. The molecule has 1 amide bonds. The Hall–Kier alpha value is -4.30. The molecule has 0 radical (unpaired) electrons. The van der Waals surface area contributed by atoms with Crippen molar-refractivity contribution in [3.05, 3.63) is 47.5 Å². The lowest BCUT2D eigenvalue weighted by atomic mass is 10.0. The summed E-state index contributed by atoms with van der Waals surface area (Å²) >= 11 is 0. The highest BCUT2D eigenvalue weighted by atomic mass is 16.6. The van der Waals surface area contributed by atoms with Crippen LogP contribution in [0.2, 0.25) is 0 Å². The second kappa shape index (κ2) is 12.1. The number of ether oxygens (including phenoxy) is 3. The number of rotatable bonds is 8. The number of fused-ring (bicyclic) bond motifs is 1. The maximum Gasteiger partial charge on any atom is 0.411 e. The minimum atomic E-state index is -0.663. The van der Waals surface area contributed by atoms with Gasteiger partial charge in [0, 0.05) is 37.7 Å². The smallest absolute Gasteiger partial charge is 0.411 e. The average Bonchev–Trinajstić information content (AvgIpc) is 3.62. The number of benzene rings is 1. The molecule has 0 aliphatic carbocycles. The van der Waals surface area contributed by atoms with E-state index < -0.39 is 11.7 Å². The first kappa shape index (κ1) is 30.2. The number of carbonyl (C=O) groups is 1. The summed E-state index contributed by atoms with van der Waals surface area (Å²) in [5.74, 6) is 3.38. The lowest BCUT2D eigenvalue weighted by Crippen LogP contribution is -2.44. The standard InChI is InChI=1S/C32H41N7O4/c1-9-26-24-17-23(13-14-27(24)39(35-26)29-12-10-11-15-41-29)25-18-33-36(7)28(25)19-38(31(40)43-32(4,5)6)22(3)20-42-30-16-21(2)34-37(30)8/h1,13-14,16-18,22,29H,10-12,15,19-20H2,2-8H3/t22-,29?/m0/s1. The summed E-state index contributed by atoms with van der Waals surface area (Å²) < 4.78 is 23.3. The number of aryl methyl sites for hydroxylation is 3. The van der Waals surface area contributed by atoms with Crippen molar-refractivity contribution < 1.29 is 19.0 Å². The highest BCUT2D eigenvalue weighted by Crippen LogP contribution is 2.33. The van der Waals surface area contributed by atoms with Gasteiger partial charge in [0.2, 0.25) is 5.88 Å². The molecule has 11 heteroatoms. The molecule has 1 aliphatic rings. The summed E-state index contributed by atoms with van der Waals surface area (Å²) in [6, 6.07) is 7.67. The molecule has 11 nitrogen and oxygen atoms in total. The first-order valence-electron chi connectivity index (χ1n) is 14.7. The minimum absolute atomic E-state index is 0.125. The van der Waals surface area contributed by atoms with Crippen LogP contribution in [0, 0.1) is 19.3 Å². The van der Waals surface area contributed by atoms with E-state index in [0.717, 1.165) is 52.7 Å². The van der Waals surface area contributed by atoms with E-state index in [2.05, 4.69) is 16.1 Å². The van der Waals surface area contributed by atoms with Crippen LogP contribution in [0.3, 0.4) is 0 Å². The third kappa shape index (κ3) is 6.54. The van der Waals surface area contributed by atoms with E-state index in [-0.39, 0.29) is 25.4 Å². The summed E-state index contributed by atoms with van der Waals surface area (Å²) in [6.07, 6.45) is 10.2. The van der Waals surface area contributed by atoms with Gasteiger partial charge in [-0.15, -0.1) is 6.42 Å². The van der Waals surface area contributed by atoms with Crippen LogP contribution in [-0.4, -0.2) is 65.2 Å². The van der Waals surface area contributed by atoms with Gasteiger partial charge in [-0.25, -0.2) is 14.2 Å². The molecule has 0 saturated carbocycles. The van der Waals surface area contributed by atoms with Crippen LogP contribution >= 0.6 is 0 Å². The summed E-state index contributed by atoms with van der Waals surface area (Å²) in [4.78, 5) is 15.2. The van der Waals surface area contributed by atoms with Crippen molar-refractivity contribution in [1.82, 2.24) is 34.2 Å². The predicted molar refractivity (Wildman–Crippen MR) is 163 cm³/mol. The maximum atomic E-state index is 13.5. The van der Waals surface area contributed by atoms with Gasteiger partial charge >= 0.3 is 6.09 Å². The van der Waals surface area contributed by atoms with Crippen LogP contribution in [0.4, 0.5) is 4.79 Å². The number of nitrogens with zero attached hydrogens (tertiary/aromatic N) is 7. The number of aromatic nitrogens is 6. The zero-order valence-corrected chi connectivity index (χ0v) is 26.1. The molecule has 228 valence electrons. The molecule has 0 bridgehead atoms. The van der Waals surface area contributed by atoms with Crippen LogP contribution in [0.15, 0.2) is 30.5 Å². The first-order chi connectivity index (χ1) is 20.4. The lowest BCUT2D eigenvalue weighted by Gasteiger charge is -2.32. The Balaban J connectivity index is 1.46. The monoisotopic (exact) mass is 587 g/mol. The van der Waals surface area contributed by atoms with Crippen LogP contribution in [-0.2, 0) is 30.1 Å². The molecular weight excluding hydrogens is 546 g/mol. The van der Waals surface area contributed by atoms with Gasteiger partial charge in [-0.3, -0.25) is 9.58 Å². The fraction of sp³-hybridized carbons (Fsp3) is 0.500. The van der Waals surface area contributed by atoms with Gasteiger partial charge in [0.05, 0.1) is 35.7 Å². The molecule has 43 heavy (non-hydrogen) atoms. The Kier molecular flexibility index (Phi) is 8.51. The largest absolute Gasteiger partial charge is 0.476 e. The third-order valence-corrected chi connectivity index (χ3v) is 7.56. The molecule has 2 atom stereocenters. The first-order valence-corrected chi connectivity index (χ1v) is 14.7. The van der Waals surface area contributed by atoms with Gasteiger partial charge in [-0.1, -0.05) is 6.07 Å². The Bertz CT molecular complexity index is 1650. The number of carbonyl (C=O) groups excluding carboxylic acids is 1. The number of terminal acetylenes is 1. The van der Waals surface area contributed by atoms with Crippen molar-refractivity contribution in [1.29, 1.82) is 0 Å². The van der Waals surface area contributed by atoms with Gasteiger partial charge in [0.15, 0.2) is 6.23 Å². The summed E-state index contributed by atoms with van der Waals surface area (Å²) in [5, 5.41) is 14.5. The van der Waals surface area contributed by atoms with Crippen LogP contribution in [0.25, 0.3) is 22.0 Å². The fourth-order valence-electron chi connectivity index (χ4n) is 5.34. The van der Waals surface area contributed by atoms with E-state index in [0.29, 0.717) is 18.2 Å². The Morgan fingerprint density at radius 3 is 2.65 bits per heavy atom. The fourth-order valence-corrected chi connectivity index (χ4v) is 5.34. The zero-order valence-electron chi connectivity index (χ0n) is 26.1. The molecule has 1 aliphatic heterocycles. The molecule has 4 aromatic rings. The van der Waals surface area contributed by atoms with Crippen molar-refractivity contribution in [3.63, 3.8) is 0 Å². The number of hydrogen-bond donors (Lipinski definition) is 0. The molecule has 1 fully saturated rings. The predicted octanol–water partition coefficient (Wildman–Crippen LogP) is 5.36.